The number of carbonyl (C=O) groups excluding carboxylic acids is 1. The highest BCUT2D eigenvalue weighted by molar-refractivity contribution is 6.13. The van der Waals surface area contributed by atoms with Crippen molar-refractivity contribution in [3.05, 3.63) is 95.7 Å². The van der Waals surface area contributed by atoms with Gasteiger partial charge >= 0.3 is 0 Å². The minimum atomic E-state index is -0.137. The first-order chi connectivity index (χ1) is 15.7. The topological polar surface area (TPSA) is 34.0 Å². The number of hydrogen-bond donors (Lipinski definition) is 1. The van der Waals surface area contributed by atoms with Gasteiger partial charge in [-0.2, -0.15) is 0 Å². The third-order valence-electron chi connectivity index (χ3n) is 7.16. The summed E-state index contributed by atoms with van der Waals surface area (Å²) in [6.07, 6.45) is 4.44. The van der Waals surface area contributed by atoms with Crippen molar-refractivity contribution in [2.24, 2.45) is 0 Å². The van der Waals surface area contributed by atoms with Crippen molar-refractivity contribution in [3.63, 3.8) is 0 Å². The number of carbonyl (C=O) groups is 1. The van der Waals surface area contributed by atoms with Gasteiger partial charge in [0.1, 0.15) is 0 Å². The van der Waals surface area contributed by atoms with Crippen LogP contribution in [0.2, 0.25) is 0 Å². The Bertz CT molecular complexity index is 1450. The standard InChI is InChI=1S/C29H26N2O/c1-3-17-31-18(2)26(21-11-6-7-13-24(21)31)29-28-22(12-8-14-25(28)32)27-20-10-5-4-9-19(20)15-16-23(27)30-29/h3-7,9-11,13,15-16,29-30H,1,8,12,14,17H2,2H3/t29-/m0/s1. The van der Waals surface area contributed by atoms with Gasteiger partial charge < -0.3 is 9.88 Å². The van der Waals surface area contributed by atoms with Gasteiger partial charge in [0, 0.05) is 51.9 Å². The summed E-state index contributed by atoms with van der Waals surface area (Å²) >= 11 is 0. The van der Waals surface area contributed by atoms with Gasteiger partial charge in [-0.1, -0.05) is 54.6 Å². The fourth-order valence-electron chi connectivity index (χ4n) is 5.81. The van der Waals surface area contributed by atoms with E-state index in [1.165, 1.54) is 44.1 Å². The SMILES string of the molecule is C=CCn1c(C)c([C@@H]2Nc3ccc4ccccc4c3C3=C2C(=O)CCC3)c2ccccc21. The molecule has 0 saturated heterocycles. The Balaban J connectivity index is 1.66. The molecule has 1 aliphatic carbocycles. The number of allylic oxidation sites excluding steroid dienone is 2. The van der Waals surface area contributed by atoms with E-state index < -0.39 is 0 Å². The van der Waals surface area contributed by atoms with Gasteiger partial charge in [-0.25, -0.2) is 0 Å². The van der Waals surface area contributed by atoms with Crippen molar-refractivity contribution < 1.29 is 4.79 Å². The van der Waals surface area contributed by atoms with Gasteiger partial charge in [0.05, 0.1) is 6.04 Å². The summed E-state index contributed by atoms with van der Waals surface area (Å²) in [5.41, 5.74) is 8.14. The second-order valence-electron chi connectivity index (χ2n) is 8.87. The summed E-state index contributed by atoms with van der Waals surface area (Å²) in [7, 11) is 0. The second-order valence-corrected chi connectivity index (χ2v) is 8.87. The van der Waals surface area contributed by atoms with Crippen LogP contribution in [0.3, 0.4) is 0 Å². The summed E-state index contributed by atoms with van der Waals surface area (Å²) in [6, 6.07) is 21.2. The first-order valence-electron chi connectivity index (χ1n) is 11.4. The number of Topliss-reactive ketones (excluding diaryl/α,β-unsaturated/α-hetero) is 1. The summed E-state index contributed by atoms with van der Waals surface area (Å²) in [4.78, 5) is 13.4. The summed E-state index contributed by atoms with van der Waals surface area (Å²) in [6.45, 7) is 6.88. The van der Waals surface area contributed by atoms with Crippen LogP contribution in [0.4, 0.5) is 5.69 Å². The molecule has 0 spiro atoms. The molecule has 158 valence electrons. The highest BCUT2D eigenvalue weighted by Gasteiger charge is 2.37. The maximum atomic E-state index is 13.4. The molecule has 3 heteroatoms. The highest BCUT2D eigenvalue weighted by atomic mass is 16.1. The van der Waals surface area contributed by atoms with Crippen molar-refractivity contribution in [1.82, 2.24) is 4.57 Å². The van der Waals surface area contributed by atoms with E-state index in [0.29, 0.717) is 6.42 Å². The predicted octanol–water partition coefficient (Wildman–Crippen LogP) is 6.96. The molecule has 1 atom stereocenters. The molecule has 3 aromatic carbocycles. The number of fused-ring (bicyclic) bond motifs is 5. The van der Waals surface area contributed by atoms with Crippen molar-refractivity contribution in [1.29, 1.82) is 0 Å². The zero-order chi connectivity index (χ0) is 21.8. The quantitative estimate of drug-likeness (QED) is 0.365. The molecule has 0 radical (unpaired) electrons. The molecule has 3 nitrogen and oxygen atoms in total. The Morgan fingerprint density at radius 3 is 2.66 bits per heavy atom. The lowest BCUT2D eigenvalue weighted by Gasteiger charge is -2.35. The van der Waals surface area contributed by atoms with E-state index >= 15 is 0 Å². The first kappa shape index (κ1) is 19.1. The van der Waals surface area contributed by atoms with Gasteiger partial charge in [-0.05, 0) is 48.2 Å². The summed E-state index contributed by atoms with van der Waals surface area (Å²) in [5.74, 6) is 0.280. The Morgan fingerprint density at radius 1 is 1.03 bits per heavy atom. The number of nitrogens with one attached hydrogen (secondary N) is 1. The average molecular weight is 419 g/mol. The zero-order valence-electron chi connectivity index (χ0n) is 18.3. The van der Waals surface area contributed by atoms with Crippen molar-refractivity contribution >= 4 is 38.7 Å². The van der Waals surface area contributed by atoms with E-state index in [2.05, 4.69) is 84.1 Å². The molecular formula is C29H26N2O. The molecule has 0 amide bonds. The molecule has 4 aromatic rings. The largest absolute Gasteiger partial charge is 0.373 e. The van der Waals surface area contributed by atoms with Crippen LogP contribution >= 0.6 is 0 Å². The lowest BCUT2D eigenvalue weighted by atomic mass is 9.76. The van der Waals surface area contributed by atoms with Gasteiger partial charge in [-0.3, -0.25) is 4.79 Å². The fraction of sp³-hybridized carbons (Fsp3) is 0.207. The van der Waals surface area contributed by atoms with Crippen LogP contribution in [0, 0.1) is 6.92 Å². The molecule has 1 aliphatic heterocycles. The smallest absolute Gasteiger partial charge is 0.161 e. The number of benzene rings is 3. The molecule has 0 bridgehead atoms. The minimum absolute atomic E-state index is 0.137. The molecule has 1 N–H and O–H groups in total. The maximum absolute atomic E-state index is 13.4. The Labute approximate surface area is 188 Å². The molecule has 1 aromatic heterocycles. The molecule has 0 fully saturated rings. The van der Waals surface area contributed by atoms with E-state index in [-0.39, 0.29) is 11.8 Å². The normalized spacial score (nSPS) is 17.9. The van der Waals surface area contributed by atoms with Crippen LogP contribution in [0.25, 0.3) is 27.2 Å². The van der Waals surface area contributed by atoms with E-state index in [1.807, 2.05) is 6.08 Å². The molecule has 2 heterocycles. The maximum Gasteiger partial charge on any atom is 0.161 e. The number of nitrogens with zero attached hydrogens (tertiary/aromatic N) is 1. The number of aromatic nitrogens is 1. The van der Waals surface area contributed by atoms with Crippen molar-refractivity contribution in [2.45, 2.75) is 38.8 Å². The summed E-state index contributed by atoms with van der Waals surface area (Å²) < 4.78 is 2.31. The van der Waals surface area contributed by atoms with Crippen molar-refractivity contribution in [2.75, 3.05) is 5.32 Å². The second kappa shape index (κ2) is 7.23. The number of rotatable bonds is 3. The lowest BCUT2D eigenvalue weighted by molar-refractivity contribution is -0.116. The minimum Gasteiger partial charge on any atom is -0.373 e. The molecule has 0 saturated carbocycles. The molecular weight excluding hydrogens is 392 g/mol. The molecule has 0 unspecified atom stereocenters. The first-order valence-corrected chi connectivity index (χ1v) is 11.4. The number of anilines is 1. The Kier molecular flexibility index (Phi) is 4.32. The Hall–Kier alpha value is -3.59. The van der Waals surface area contributed by atoms with Crippen LogP contribution in [-0.4, -0.2) is 10.4 Å². The third kappa shape index (κ3) is 2.64. The van der Waals surface area contributed by atoms with E-state index in [0.717, 1.165) is 30.6 Å². The molecule has 32 heavy (non-hydrogen) atoms. The monoisotopic (exact) mass is 418 g/mol. The Morgan fingerprint density at radius 2 is 1.81 bits per heavy atom. The average Bonchev–Trinajstić information content (AvgIpc) is 3.10. The zero-order valence-corrected chi connectivity index (χ0v) is 18.3. The molecule has 6 rings (SSSR count). The van der Waals surface area contributed by atoms with Gasteiger partial charge in [-0.15, -0.1) is 6.58 Å². The van der Waals surface area contributed by atoms with Crippen LogP contribution in [0.1, 0.15) is 42.1 Å². The van der Waals surface area contributed by atoms with Gasteiger partial charge in [0.25, 0.3) is 0 Å². The fourth-order valence-corrected chi connectivity index (χ4v) is 5.81. The van der Waals surface area contributed by atoms with Gasteiger partial charge in [0.2, 0.25) is 0 Å². The van der Waals surface area contributed by atoms with Gasteiger partial charge in [0.15, 0.2) is 5.78 Å². The van der Waals surface area contributed by atoms with Crippen molar-refractivity contribution in [3.8, 4) is 0 Å². The van der Waals surface area contributed by atoms with E-state index in [4.69, 9.17) is 0 Å². The predicted molar refractivity (Wildman–Crippen MR) is 133 cm³/mol. The van der Waals surface area contributed by atoms with E-state index in [1.54, 1.807) is 0 Å². The highest BCUT2D eigenvalue weighted by Crippen LogP contribution is 2.49. The van der Waals surface area contributed by atoms with Crippen LogP contribution < -0.4 is 5.32 Å². The molecule has 2 aliphatic rings. The summed E-state index contributed by atoms with van der Waals surface area (Å²) in [5, 5.41) is 7.46. The van der Waals surface area contributed by atoms with E-state index in [9.17, 15) is 4.79 Å². The van der Waals surface area contributed by atoms with Crippen LogP contribution in [0.15, 0.2) is 78.9 Å². The van der Waals surface area contributed by atoms with Crippen LogP contribution in [-0.2, 0) is 11.3 Å². The number of para-hydroxylation sites is 1. The third-order valence-corrected chi connectivity index (χ3v) is 7.16. The number of hydrogen-bond acceptors (Lipinski definition) is 2. The van der Waals surface area contributed by atoms with Crippen LogP contribution in [0.5, 0.6) is 0 Å². The lowest BCUT2D eigenvalue weighted by Crippen LogP contribution is -2.27. The number of ketones is 1.